The molecule has 14 nitrogen and oxygen atoms in total. The Kier molecular flexibility index (Phi) is 32.2. The average Bonchev–Trinajstić information content (AvgIpc) is 1.61. The summed E-state index contributed by atoms with van der Waals surface area (Å²) < 4.78 is 2.31. The van der Waals surface area contributed by atoms with Crippen LogP contribution in [-0.2, 0) is 42.9 Å². The van der Waals surface area contributed by atoms with Crippen LogP contribution in [0.15, 0.2) is 255 Å². The second-order valence-electron chi connectivity index (χ2n) is 28.4. The molecule has 107 heavy (non-hydrogen) atoms. The lowest BCUT2D eigenvalue weighted by Gasteiger charge is -2.27. The molecule has 3 heterocycles. The molecule has 3 aliphatic rings. The third-order valence-corrected chi connectivity index (χ3v) is 19.2. The van der Waals surface area contributed by atoms with Crippen molar-refractivity contribution >= 4 is 63.7 Å². The van der Waals surface area contributed by atoms with E-state index in [0.29, 0.717) is 55.7 Å². The van der Waals surface area contributed by atoms with Gasteiger partial charge in [-0.15, -0.1) is 5.06 Å². The number of unbranched alkanes of at least 4 members (excludes halogenated alkanes) is 2. The number of hydrogen-bond acceptors (Lipinski definition) is 8. The highest BCUT2D eigenvalue weighted by Crippen LogP contribution is 2.48. The van der Waals surface area contributed by atoms with Crippen LogP contribution < -0.4 is 26.6 Å². The average molecular weight is 1440 g/mol. The minimum atomic E-state index is -0.540. The molecule has 1 fully saturated rings. The number of anilines is 2. The molecule has 0 saturated carbocycles. The zero-order chi connectivity index (χ0) is 77.5. The quantitative estimate of drug-likeness (QED) is 0.0202. The van der Waals surface area contributed by atoms with Crippen molar-refractivity contribution in [1.29, 1.82) is 0 Å². The van der Waals surface area contributed by atoms with Gasteiger partial charge in [0.2, 0.25) is 11.6 Å². The molecule has 3 aliphatic heterocycles. The second-order valence-corrected chi connectivity index (χ2v) is 28.4. The Balaban J connectivity index is 0.000000213. The Labute approximate surface area is 635 Å². The zero-order valence-corrected chi connectivity index (χ0v) is 64.9. The van der Waals surface area contributed by atoms with Crippen LogP contribution in [0.2, 0.25) is 0 Å². The highest BCUT2D eigenvalue weighted by atomic mass is 16.7. The fourth-order valence-corrected chi connectivity index (χ4v) is 12.9. The highest BCUT2D eigenvalue weighted by Gasteiger charge is 2.43. The smallest absolute Gasteiger partial charge is 0.363 e. The van der Waals surface area contributed by atoms with Crippen LogP contribution >= 0.6 is 0 Å². The third-order valence-electron chi connectivity index (χ3n) is 19.2. The molecular formula is C93H111N7O7+2. The third kappa shape index (κ3) is 24.7. The van der Waals surface area contributed by atoms with Crippen molar-refractivity contribution < 1.29 is 44.2 Å². The van der Waals surface area contributed by atoms with Crippen molar-refractivity contribution in [3.8, 4) is 0 Å². The monoisotopic (exact) mass is 1440 g/mol. The summed E-state index contributed by atoms with van der Waals surface area (Å²) in [6.07, 6.45) is 17.5. The van der Waals surface area contributed by atoms with E-state index in [2.05, 4.69) is 295 Å². The number of benzene rings is 9. The summed E-state index contributed by atoms with van der Waals surface area (Å²) in [5.41, 5.74) is 25.8. The number of fused-ring (bicyclic) bond motifs is 3. The first-order valence-electron chi connectivity index (χ1n) is 37.1. The van der Waals surface area contributed by atoms with Crippen molar-refractivity contribution in [3.63, 3.8) is 0 Å². The molecular weight excluding hydrogens is 1330 g/mol. The Morgan fingerprint density at radius 3 is 1.68 bits per heavy atom. The Bertz CT molecular complexity index is 4510. The van der Waals surface area contributed by atoms with E-state index in [-0.39, 0.29) is 35.0 Å². The van der Waals surface area contributed by atoms with E-state index in [1.807, 2.05) is 50.2 Å². The molecule has 0 unspecified atom stereocenters. The molecule has 0 atom stereocenters. The van der Waals surface area contributed by atoms with Gasteiger partial charge in [0, 0.05) is 96.6 Å². The number of carbonyl (C=O) groups is 5. The molecule has 0 spiro atoms. The molecule has 0 aliphatic carbocycles. The van der Waals surface area contributed by atoms with Crippen molar-refractivity contribution in [2.45, 2.75) is 138 Å². The number of para-hydroxylation sites is 2. The summed E-state index contributed by atoms with van der Waals surface area (Å²) in [5, 5.41) is 19.8. The molecule has 1 saturated heterocycles. The Hall–Kier alpha value is -11.2. The summed E-state index contributed by atoms with van der Waals surface area (Å²) in [7, 11) is 2.16. The summed E-state index contributed by atoms with van der Waals surface area (Å²) >= 11 is 0. The number of rotatable bonds is 21. The summed E-state index contributed by atoms with van der Waals surface area (Å²) in [6.45, 7) is 31.0. The van der Waals surface area contributed by atoms with Gasteiger partial charge in [0.25, 0.3) is 18.3 Å². The molecule has 14 heteroatoms. The van der Waals surface area contributed by atoms with Gasteiger partial charge in [-0.1, -0.05) is 242 Å². The maximum Gasteiger partial charge on any atom is 0.363 e. The van der Waals surface area contributed by atoms with Crippen LogP contribution in [-0.4, -0.2) is 90.4 Å². The normalized spacial score (nSPS) is 13.9. The highest BCUT2D eigenvalue weighted by molar-refractivity contribution is 6.03. The first kappa shape index (κ1) is 83.1. The number of nitrogens with zero attached hydrogens (tertiary/aromatic N) is 3. The fraction of sp³-hybridized carbons (Fsp3) is 0.290. The largest absolute Gasteiger partial charge is 0.483 e. The molecule has 7 N–H and O–H groups in total. The van der Waals surface area contributed by atoms with Gasteiger partial charge < -0.3 is 36.5 Å². The molecule has 3 amide bonds. The van der Waals surface area contributed by atoms with Gasteiger partial charge >= 0.3 is 5.97 Å². The number of carbonyl (C=O) groups excluding carboxylic acids is 4. The molecule has 558 valence electrons. The van der Waals surface area contributed by atoms with Crippen molar-refractivity contribution in [2.75, 3.05) is 50.0 Å². The standard InChI is InChI=1S/C41H49N3O.C21H22N2O.C13H13NO3.C9H13N.C8H10.CH2O2/c1-31-24-26-32(27-25-31)28-29-42-39(45)23-11-8-16-30-44-36-20-15-13-18-34(36)41(4,5)38(44)22-10-7-9-21-37-40(2,3)33-17-12-14-19-35(33)43(37)6;1-15-9-11-17(12-10-15)21(24)23-14-13-22-20-8-4-6-18-16(2)5-3-7-19(18)20;1-9-3-6-11(7-4-9)13(16)17-14-10(2)5-8-12(14)15;1-8-2-4-9(5-3-8)6-7-10;1-7-3-5-8(2)6-4-7;2-1-3/h7,9-10,12-15,17-22,24-27H,8,11,16,23,28-30H2,1-6H3;3-12,22H,13-14H2,1-2H3,(H,23,24);3-4,6-7H,2,5,8H2,1H3;2-5H,6-7,10H2,1H3;3-6H,1-2H3;1H,(H,2,3)/p+2. The van der Waals surface area contributed by atoms with E-state index >= 15 is 0 Å². The lowest BCUT2D eigenvalue weighted by atomic mass is 9.81. The maximum absolute atomic E-state index is 12.4. The number of allylic oxidation sites excluding steroid dienone is 7. The van der Waals surface area contributed by atoms with E-state index in [1.165, 1.54) is 83.6 Å². The number of quaternary nitrogens is 1. The van der Waals surface area contributed by atoms with Gasteiger partial charge in [0.05, 0.1) is 23.2 Å². The van der Waals surface area contributed by atoms with Crippen molar-refractivity contribution in [3.05, 3.63) is 327 Å². The van der Waals surface area contributed by atoms with Crippen LogP contribution in [0.3, 0.4) is 0 Å². The molecule has 0 radical (unpaired) electrons. The molecule has 9 aromatic carbocycles. The number of amides is 3. The summed E-state index contributed by atoms with van der Waals surface area (Å²) in [4.78, 5) is 63.5. The van der Waals surface area contributed by atoms with Crippen LogP contribution in [0.1, 0.15) is 148 Å². The van der Waals surface area contributed by atoms with Crippen molar-refractivity contribution in [2.24, 2.45) is 0 Å². The van der Waals surface area contributed by atoms with Crippen LogP contribution in [0.5, 0.6) is 0 Å². The first-order chi connectivity index (χ1) is 51.4. The van der Waals surface area contributed by atoms with E-state index in [0.717, 1.165) is 67.1 Å². The predicted molar refractivity (Wildman–Crippen MR) is 440 cm³/mol. The lowest BCUT2D eigenvalue weighted by Crippen LogP contribution is -2.51. The van der Waals surface area contributed by atoms with Gasteiger partial charge in [0.1, 0.15) is 7.05 Å². The number of hydrogen-bond donors (Lipinski definition) is 5. The lowest BCUT2D eigenvalue weighted by molar-refractivity contribution is -0.401. The van der Waals surface area contributed by atoms with E-state index < -0.39 is 5.97 Å². The Morgan fingerprint density at radius 2 is 1.10 bits per heavy atom. The van der Waals surface area contributed by atoms with E-state index in [1.54, 1.807) is 12.1 Å². The van der Waals surface area contributed by atoms with Crippen LogP contribution in [0, 0.1) is 48.5 Å². The minimum absolute atomic E-state index is 0.0257. The molecule has 0 aromatic heterocycles. The molecule has 9 aromatic rings. The van der Waals surface area contributed by atoms with Gasteiger partial charge in [0.15, 0.2) is 5.71 Å². The minimum Gasteiger partial charge on any atom is -0.483 e. The topological polar surface area (TPSA) is 188 Å². The van der Waals surface area contributed by atoms with E-state index in [9.17, 15) is 19.2 Å². The van der Waals surface area contributed by atoms with Crippen LogP contribution in [0.25, 0.3) is 10.8 Å². The number of aryl methyl sites for hydroxylation is 7. The van der Waals surface area contributed by atoms with Crippen LogP contribution in [0.4, 0.5) is 17.1 Å². The number of nitrogens with one attached hydrogen (secondary N) is 3. The second kappa shape index (κ2) is 41.5. The molecule has 0 bridgehead atoms. The first-order valence-corrected chi connectivity index (χ1v) is 37.1. The maximum atomic E-state index is 12.4. The summed E-state index contributed by atoms with van der Waals surface area (Å²) in [5.74, 6) is -0.648. The number of carboxylic acid groups (broad SMARTS) is 1. The SMILES string of the molecule is C=C1CCC(=O)N1OC(=O)c1ccc(C)cc1.Cc1ccc(C(=O)NCCNc2cccc3c(C)cccc23)cc1.Cc1ccc(C)cc1.Cc1ccc(CCNC(=O)CCCCCN2/C(=C/C=C/C=C/C3=[N+](C)c4ccccc4C3(C)C)C(C)(C)c3ccccc32)cc1.Cc1ccc(CC[NH3+])cc1.O=CO. The molecule has 12 rings (SSSR count). The van der Waals surface area contributed by atoms with Gasteiger partial charge in [-0.25, -0.2) is 4.79 Å². The fourth-order valence-electron chi connectivity index (χ4n) is 12.9. The van der Waals surface area contributed by atoms with Crippen molar-refractivity contribution in [1.82, 2.24) is 15.7 Å². The van der Waals surface area contributed by atoms with Gasteiger partial charge in [-0.3, -0.25) is 19.2 Å². The van der Waals surface area contributed by atoms with E-state index in [4.69, 9.17) is 14.7 Å². The summed E-state index contributed by atoms with van der Waals surface area (Å²) in [6, 6.07) is 70.3. The number of hydroxylamine groups is 2. The van der Waals surface area contributed by atoms with Gasteiger partial charge in [-0.05, 0) is 158 Å². The predicted octanol–water partition coefficient (Wildman–Crippen LogP) is 18.0. The Morgan fingerprint density at radius 1 is 0.570 bits per heavy atom. The van der Waals surface area contributed by atoms with Gasteiger partial charge in [-0.2, -0.15) is 4.58 Å². The zero-order valence-electron chi connectivity index (χ0n) is 64.9.